The minimum absolute atomic E-state index is 0.112. The molecule has 0 amide bonds. The molecule has 3 heterocycles. The topological polar surface area (TPSA) is 74.8 Å². The fourth-order valence-corrected chi connectivity index (χ4v) is 3.38. The molecule has 0 radical (unpaired) electrons. The van der Waals surface area contributed by atoms with E-state index in [-0.39, 0.29) is 19.5 Å². The molecule has 0 bridgehead atoms. The zero-order valence-electron chi connectivity index (χ0n) is 15.5. The summed E-state index contributed by atoms with van der Waals surface area (Å²) in [5.74, 6) is -3.02. The minimum atomic E-state index is -2.69. The Hall–Kier alpha value is -2.87. The number of hydrogen-bond donors (Lipinski definition) is 3. The fourth-order valence-electron chi connectivity index (χ4n) is 3.38. The molecule has 1 atom stereocenters. The highest BCUT2D eigenvalue weighted by Crippen LogP contribution is 2.32. The lowest BCUT2D eigenvalue weighted by atomic mass is 9.95. The van der Waals surface area contributed by atoms with Gasteiger partial charge in [-0.25, -0.2) is 18.7 Å². The van der Waals surface area contributed by atoms with Gasteiger partial charge in [0.15, 0.2) is 5.82 Å². The normalized spacial score (nSPS) is 18.8. The van der Waals surface area contributed by atoms with E-state index in [1.54, 1.807) is 12.4 Å². The third-order valence-electron chi connectivity index (χ3n) is 5.06. The fraction of sp³-hybridized carbons (Fsp3) is 0.350. The summed E-state index contributed by atoms with van der Waals surface area (Å²) in [5.41, 5.74) is 3.87. The number of nitrogens with one attached hydrogen (secondary N) is 3. The largest absolute Gasteiger partial charge is 0.388 e. The van der Waals surface area contributed by atoms with Crippen LogP contribution in [0, 0.1) is 5.92 Å². The van der Waals surface area contributed by atoms with Gasteiger partial charge in [0.25, 0.3) is 5.92 Å². The molecule has 0 saturated carbocycles. The summed E-state index contributed by atoms with van der Waals surface area (Å²) in [6, 6.07) is 9.69. The number of halogens is 2. The number of fused-ring (bicyclic) bond motifs is 1. The van der Waals surface area contributed by atoms with E-state index in [1.807, 2.05) is 37.4 Å². The van der Waals surface area contributed by atoms with Gasteiger partial charge >= 0.3 is 0 Å². The van der Waals surface area contributed by atoms with Gasteiger partial charge in [-0.1, -0.05) is 12.1 Å². The smallest absolute Gasteiger partial charge is 0.255 e. The highest BCUT2D eigenvalue weighted by molar-refractivity contribution is 5.88. The lowest BCUT2D eigenvalue weighted by Gasteiger charge is -2.32. The molecular formula is C20H22F2N6. The van der Waals surface area contributed by atoms with Gasteiger partial charge in [0.2, 0.25) is 0 Å². The van der Waals surface area contributed by atoms with E-state index < -0.39 is 11.8 Å². The van der Waals surface area contributed by atoms with Crippen molar-refractivity contribution in [3.05, 3.63) is 42.7 Å². The van der Waals surface area contributed by atoms with E-state index in [0.717, 1.165) is 11.3 Å². The summed E-state index contributed by atoms with van der Waals surface area (Å²) in [4.78, 5) is 13.4. The molecule has 1 aliphatic rings. The number of alkyl halides is 2. The molecule has 0 aliphatic carbocycles. The van der Waals surface area contributed by atoms with Crippen LogP contribution in [0.15, 0.2) is 42.7 Å². The Morgan fingerprint density at radius 2 is 1.96 bits per heavy atom. The quantitative estimate of drug-likeness (QED) is 0.626. The Kier molecular flexibility index (Phi) is 5.04. The van der Waals surface area contributed by atoms with Crippen LogP contribution >= 0.6 is 0 Å². The van der Waals surface area contributed by atoms with Crippen molar-refractivity contribution < 1.29 is 8.78 Å². The van der Waals surface area contributed by atoms with Gasteiger partial charge in [-0.15, -0.1) is 0 Å². The monoisotopic (exact) mass is 384 g/mol. The maximum absolute atomic E-state index is 14.2. The first-order chi connectivity index (χ1) is 13.6. The molecule has 1 aliphatic heterocycles. The maximum Gasteiger partial charge on any atom is 0.255 e. The molecule has 8 heteroatoms. The first kappa shape index (κ1) is 18.5. The third kappa shape index (κ3) is 3.73. The Balaban J connectivity index is 1.66. The number of benzene rings is 1. The third-order valence-corrected chi connectivity index (χ3v) is 5.06. The SMILES string of the molecule is CNc1ccc(-c2cc3nccnc3c(NC[C@@H]3CNCCC3(F)F)n2)cc1. The number of pyridine rings is 1. The first-order valence-corrected chi connectivity index (χ1v) is 9.29. The number of nitrogens with zero attached hydrogens (tertiary/aromatic N) is 3. The van der Waals surface area contributed by atoms with E-state index >= 15 is 0 Å². The van der Waals surface area contributed by atoms with E-state index in [9.17, 15) is 8.78 Å². The Bertz CT molecular complexity index is 961. The number of piperidine rings is 1. The van der Waals surface area contributed by atoms with Crippen LogP contribution in [0.2, 0.25) is 0 Å². The van der Waals surface area contributed by atoms with Gasteiger partial charge in [-0.3, -0.25) is 4.98 Å². The molecule has 28 heavy (non-hydrogen) atoms. The average molecular weight is 384 g/mol. The Labute approximate surface area is 161 Å². The van der Waals surface area contributed by atoms with Crippen molar-refractivity contribution in [3.63, 3.8) is 0 Å². The summed E-state index contributed by atoms with van der Waals surface area (Å²) < 4.78 is 28.3. The van der Waals surface area contributed by atoms with E-state index in [1.165, 1.54) is 0 Å². The molecule has 0 spiro atoms. The second-order valence-corrected chi connectivity index (χ2v) is 6.90. The van der Waals surface area contributed by atoms with Crippen molar-refractivity contribution >= 4 is 22.5 Å². The zero-order valence-corrected chi connectivity index (χ0v) is 15.5. The number of hydrogen-bond acceptors (Lipinski definition) is 6. The minimum Gasteiger partial charge on any atom is -0.388 e. The molecule has 146 valence electrons. The van der Waals surface area contributed by atoms with Crippen LogP contribution in [-0.4, -0.2) is 47.6 Å². The molecule has 0 unspecified atom stereocenters. The van der Waals surface area contributed by atoms with Gasteiger partial charge in [0, 0.05) is 56.7 Å². The number of rotatable bonds is 5. The standard InChI is InChI=1S/C20H22F2N6/c1-23-15-4-2-13(3-5-15)16-10-17-18(26-9-8-25-17)19(28-16)27-12-14-11-24-7-6-20(14,21)22/h2-5,8-10,14,23-24H,6-7,11-12H2,1H3,(H,27,28)/t14-/m0/s1. The molecule has 3 N–H and O–H groups in total. The molecular weight excluding hydrogens is 362 g/mol. The molecule has 2 aromatic heterocycles. The predicted molar refractivity (Wildman–Crippen MR) is 107 cm³/mol. The molecule has 1 aromatic carbocycles. The van der Waals surface area contributed by atoms with Crippen molar-refractivity contribution in [3.8, 4) is 11.3 Å². The Morgan fingerprint density at radius 1 is 1.18 bits per heavy atom. The van der Waals surface area contributed by atoms with Gasteiger partial charge in [0.05, 0.1) is 17.1 Å². The second-order valence-electron chi connectivity index (χ2n) is 6.90. The maximum atomic E-state index is 14.2. The van der Waals surface area contributed by atoms with Gasteiger partial charge in [0.1, 0.15) is 5.52 Å². The van der Waals surface area contributed by atoms with Gasteiger partial charge in [-0.05, 0) is 18.2 Å². The van der Waals surface area contributed by atoms with Crippen molar-refractivity contribution in [2.45, 2.75) is 12.3 Å². The van der Waals surface area contributed by atoms with Crippen LogP contribution in [-0.2, 0) is 0 Å². The van der Waals surface area contributed by atoms with E-state index in [4.69, 9.17) is 0 Å². The summed E-state index contributed by atoms with van der Waals surface area (Å²) in [7, 11) is 1.86. The van der Waals surface area contributed by atoms with Crippen LogP contribution in [0.25, 0.3) is 22.3 Å². The number of aromatic nitrogens is 3. The summed E-state index contributed by atoms with van der Waals surface area (Å²) in [6.45, 7) is 0.726. The lowest BCUT2D eigenvalue weighted by Crippen LogP contribution is -2.47. The van der Waals surface area contributed by atoms with Crippen molar-refractivity contribution in [1.82, 2.24) is 20.3 Å². The summed E-state index contributed by atoms with van der Waals surface area (Å²) in [5, 5.41) is 9.22. The molecule has 1 saturated heterocycles. The Morgan fingerprint density at radius 3 is 2.71 bits per heavy atom. The molecule has 1 fully saturated rings. The van der Waals surface area contributed by atoms with Crippen molar-refractivity contribution in [2.75, 3.05) is 37.3 Å². The van der Waals surface area contributed by atoms with Crippen LogP contribution in [0.4, 0.5) is 20.3 Å². The predicted octanol–water partition coefficient (Wildman–Crippen LogP) is 3.39. The average Bonchev–Trinajstić information content (AvgIpc) is 2.72. The van der Waals surface area contributed by atoms with Crippen molar-refractivity contribution in [2.24, 2.45) is 5.92 Å². The molecule has 4 rings (SSSR count). The molecule has 6 nitrogen and oxygen atoms in total. The first-order valence-electron chi connectivity index (χ1n) is 9.29. The molecule has 3 aromatic rings. The van der Waals surface area contributed by atoms with Crippen LogP contribution in [0.5, 0.6) is 0 Å². The summed E-state index contributed by atoms with van der Waals surface area (Å²) >= 11 is 0. The number of anilines is 2. The van der Waals surface area contributed by atoms with Crippen LogP contribution < -0.4 is 16.0 Å². The van der Waals surface area contributed by atoms with E-state index in [0.29, 0.717) is 29.1 Å². The van der Waals surface area contributed by atoms with Gasteiger partial charge in [-0.2, -0.15) is 0 Å². The van der Waals surface area contributed by atoms with Crippen LogP contribution in [0.1, 0.15) is 6.42 Å². The summed E-state index contributed by atoms with van der Waals surface area (Å²) in [6.07, 6.45) is 3.04. The highest BCUT2D eigenvalue weighted by Gasteiger charge is 2.41. The van der Waals surface area contributed by atoms with E-state index in [2.05, 4.69) is 30.9 Å². The lowest BCUT2D eigenvalue weighted by molar-refractivity contribution is -0.0728. The zero-order chi connectivity index (χ0) is 19.6. The second kappa shape index (κ2) is 7.63. The van der Waals surface area contributed by atoms with Gasteiger partial charge < -0.3 is 16.0 Å². The highest BCUT2D eigenvalue weighted by atomic mass is 19.3. The van der Waals surface area contributed by atoms with Crippen LogP contribution in [0.3, 0.4) is 0 Å². The van der Waals surface area contributed by atoms with Crippen molar-refractivity contribution in [1.29, 1.82) is 0 Å².